The quantitative estimate of drug-likeness (QED) is 0.139. The van der Waals surface area contributed by atoms with Crippen molar-refractivity contribution in [3.8, 4) is 0 Å². The molecule has 2 unspecified atom stereocenters. The Hall–Kier alpha value is -4.43. The van der Waals surface area contributed by atoms with E-state index in [0.29, 0.717) is 0 Å². The molecule has 1 aliphatic heterocycles. The molecule has 0 aromatic heterocycles. The summed E-state index contributed by atoms with van der Waals surface area (Å²) in [6, 6.07) is 15.8. The maximum atomic E-state index is 16.5. The van der Waals surface area contributed by atoms with Gasteiger partial charge in [-0.05, 0) is 34.1 Å². The predicted octanol–water partition coefficient (Wildman–Crippen LogP) is 4.97. The van der Waals surface area contributed by atoms with Crippen LogP contribution in [0.25, 0.3) is 31.3 Å². The van der Waals surface area contributed by atoms with Crippen molar-refractivity contribution >= 4 is 5.97 Å². The molecule has 16 nitrogen and oxygen atoms in total. The largest absolute Gasteiger partial charge is 0.459 e. The van der Waals surface area contributed by atoms with Crippen LogP contribution in [0.4, 0.5) is 4.39 Å². The Morgan fingerprint density at radius 3 is 1.98 bits per heavy atom. The van der Waals surface area contributed by atoms with Gasteiger partial charge >= 0.3 is 5.97 Å². The van der Waals surface area contributed by atoms with Crippen molar-refractivity contribution in [3.63, 3.8) is 0 Å². The Morgan fingerprint density at radius 1 is 0.889 bits per heavy atom. The Labute approximate surface area is 256 Å². The molecule has 1 aliphatic carbocycles. The molecule has 0 spiro atoms. The Bertz CT molecular complexity index is 1410. The molecular formula is C28H32FN9O7. The molecule has 1 saturated carbocycles. The second-order valence-corrected chi connectivity index (χ2v) is 10.4. The highest BCUT2D eigenvalue weighted by Gasteiger charge is 2.53. The first-order chi connectivity index (χ1) is 21.9. The molecule has 2 aromatic carbocycles. The van der Waals surface area contributed by atoms with E-state index in [1.165, 1.54) is 0 Å². The Kier molecular flexibility index (Phi) is 12.3. The van der Waals surface area contributed by atoms with Crippen LogP contribution >= 0.6 is 0 Å². The maximum absolute atomic E-state index is 16.5. The topological polar surface area (TPSA) is 230 Å². The number of nitrogens with zero attached hydrogens (tertiary/aromatic N) is 9. The molecular weight excluding hydrogens is 593 g/mol. The molecule has 1 heterocycles. The molecule has 2 aromatic rings. The second-order valence-electron chi connectivity index (χ2n) is 10.4. The molecule has 238 valence electrons. The van der Waals surface area contributed by atoms with Crippen molar-refractivity contribution in [3.05, 3.63) is 103 Å². The molecule has 0 bridgehead atoms. The number of hydrogen-bond acceptors (Lipinski definition) is 10. The van der Waals surface area contributed by atoms with Crippen LogP contribution in [0.5, 0.6) is 0 Å². The third kappa shape index (κ3) is 8.82. The number of hydrogen-bond donors (Lipinski definition) is 1. The summed E-state index contributed by atoms with van der Waals surface area (Å²) in [5, 5.41) is 22.1. The molecule has 0 amide bonds. The molecule has 45 heavy (non-hydrogen) atoms. The highest BCUT2D eigenvalue weighted by molar-refractivity contribution is 5.66. The lowest BCUT2D eigenvalue weighted by atomic mass is 9.84. The number of alkyl halides is 1. The first-order valence-electron chi connectivity index (χ1n) is 14.1. The van der Waals surface area contributed by atoms with Crippen LogP contribution in [0.1, 0.15) is 24.5 Å². The van der Waals surface area contributed by atoms with Gasteiger partial charge in [0.15, 0.2) is 12.5 Å². The van der Waals surface area contributed by atoms with Crippen LogP contribution in [0, 0.1) is 0 Å². The van der Waals surface area contributed by atoms with E-state index in [4.69, 9.17) is 34.7 Å². The standard InChI is InChI=1S/C28H32FN9O7/c1-16(39)43-24-19(34-37-31)12-20(35-38-32)25(23(24)40)45-28-27(42-15-18-10-6-3-7-11-18)22(29)26(21(44-28)13-33-36-30)41-14-17-8-4-2-5-9-17/h2-11,19-28,40H,12-15H2,1H3/t19?,20?,21-,22+,23-,24+,25-,26-,27-,28-/m1/s1. The molecule has 10 atom stereocenters. The lowest BCUT2D eigenvalue weighted by Gasteiger charge is -2.47. The summed E-state index contributed by atoms with van der Waals surface area (Å²) in [6.07, 6.45) is -12.0. The van der Waals surface area contributed by atoms with E-state index in [2.05, 4.69) is 30.1 Å². The van der Waals surface area contributed by atoms with Crippen molar-refractivity contribution in [2.24, 2.45) is 15.3 Å². The van der Waals surface area contributed by atoms with E-state index in [-0.39, 0.29) is 26.2 Å². The van der Waals surface area contributed by atoms with E-state index in [9.17, 15) is 15.4 Å². The average molecular weight is 626 g/mol. The van der Waals surface area contributed by atoms with E-state index >= 15 is 4.39 Å². The van der Waals surface area contributed by atoms with E-state index < -0.39 is 67.1 Å². The molecule has 0 radical (unpaired) electrons. The van der Waals surface area contributed by atoms with Crippen molar-refractivity contribution in [1.29, 1.82) is 0 Å². The fraction of sp³-hybridized carbons (Fsp3) is 0.536. The number of carbonyl (C=O) groups excluding carboxylic acids is 1. The third-order valence-electron chi connectivity index (χ3n) is 7.37. The molecule has 4 rings (SSSR count). The molecule has 17 heteroatoms. The molecule has 2 fully saturated rings. The Balaban J connectivity index is 1.66. The SMILES string of the molecule is CC(=O)O[C@H]1C(N=[N+]=[N-])CC(N=[N+]=[N-])[C@@H](O[C@H]2O[C@H](CN=[N+]=[N-])[C@@H](OCc3ccccc3)[C@H](F)[C@H]2OCc2ccccc2)[C@@H]1O. The number of benzene rings is 2. The van der Waals surface area contributed by atoms with Gasteiger partial charge in [-0.3, -0.25) is 4.79 Å². The number of rotatable bonds is 13. The fourth-order valence-electron chi connectivity index (χ4n) is 5.33. The van der Waals surface area contributed by atoms with E-state index in [1.807, 2.05) is 12.1 Å². The second kappa shape index (κ2) is 16.6. The minimum absolute atomic E-state index is 0.0180. The molecule has 2 aliphatic rings. The highest BCUT2D eigenvalue weighted by atomic mass is 19.1. The maximum Gasteiger partial charge on any atom is 0.303 e. The summed E-state index contributed by atoms with van der Waals surface area (Å²) in [5.74, 6) is -0.771. The van der Waals surface area contributed by atoms with Crippen LogP contribution < -0.4 is 0 Å². The van der Waals surface area contributed by atoms with Crippen LogP contribution in [0.15, 0.2) is 76.0 Å². The minimum atomic E-state index is -1.89. The zero-order valence-corrected chi connectivity index (χ0v) is 24.2. The van der Waals surface area contributed by atoms with Gasteiger partial charge in [-0.15, -0.1) is 0 Å². The molecule has 1 saturated heterocycles. The summed E-state index contributed by atoms with van der Waals surface area (Å²) >= 11 is 0. The fourth-order valence-corrected chi connectivity index (χ4v) is 5.33. The zero-order valence-electron chi connectivity index (χ0n) is 24.2. The number of ether oxygens (including phenoxy) is 5. The van der Waals surface area contributed by atoms with E-state index in [0.717, 1.165) is 18.1 Å². The third-order valence-corrected chi connectivity index (χ3v) is 7.37. The van der Waals surface area contributed by atoms with Gasteiger partial charge in [-0.1, -0.05) is 76.0 Å². The van der Waals surface area contributed by atoms with Gasteiger partial charge in [0.2, 0.25) is 0 Å². The van der Waals surface area contributed by atoms with Gasteiger partial charge in [0.25, 0.3) is 0 Å². The number of halogens is 1. The highest BCUT2D eigenvalue weighted by Crippen LogP contribution is 2.36. The van der Waals surface area contributed by atoms with Gasteiger partial charge in [0, 0.05) is 21.7 Å². The predicted molar refractivity (Wildman–Crippen MR) is 155 cm³/mol. The summed E-state index contributed by atoms with van der Waals surface area (Å²) in [4.78, 5) is 20.2. The minimum Gasteiger partial charge on any atom is -0.459 e. The van der Waals surface area contributed by atoms with Gasteiger partial charge in [0.1, 0.15) is 24.4 Å². The summed E-state index contributed by atoms with van der Waals surface area (Å²) < 4.78 is 46.0. The van der Waals surface area contributed by atoms with Gasteiger partial charge in [-0.2, -0.15) is 0 Å². The normalized spacial score (nSPS) is 31.0. The summed E-state index contributed by atoms with van der Waals surface area (Å²) in [5.41, 5.74) is 28.8. The summed E-state index contributed by atoms with van der Waals surface area (Å²) in [7, 11) is 0. The smallest absolute Gasteiger partial charge is 0.303 e. The number of aliphatic hydroxyl groups excluding tert-OH is 1. The number of esters is 1. The zero-order chi connectivity index (χ0) is 32.2. The van der Waals surface area contributed by atoms with Gasteiger partial charge < -0.3 is 28.8 Å². The van der Waals surface area contributed by atoms with E-state index in [1.54, 1.807) is 48.5 Å². The van der Waals surface area contributed by atoms with Crippen molar-refractivity contribution < 1.29 is 38.0 Å². The first kappa shape index (κ1) is 33.5. The van der Waals surface area contributed by atoms with Crippen LogP contribution in [0.2, 0.25) is 0 Å². The lowest BCUT2D eigenvalue weighted by Crippen LogP contribution is -2.63. The number of carbonyl (C=O) groups is 1. The van der Waals surface area contributed by atoms with Crippen molar-refractivity contribution in [2.45, 2.75) is 87.7 Å². The number of azide groups is 3. The van der Waals surface area contributed by atoms with Crippen LogP contribution in [-0.4, -0.2) is 78.8 Å². The average Bonchev–Trinajstić information content (AvgIpc) is 3.04. The van der Waals surface area contributed by atoms with Crippen LogP contribution in [-0.2, 0) is 41.7 Å². The number of aliphatic hydroxyl groups is 1. The monoisotopic (exact) mass is 625 g/mol. The van der Waals surface area contributed by atoms with Crippen molar-refractivity contribution in [1.82, 2.24) is 0 Å². The summed E-state index contributed by atoms with van der Waals surface area (Å²) in [6.45, 7) is 0.744. The van der Waals surface area contributed by atoms with Crippen molar-refractivity contribution in [2.75, 3.05) is 6.54 Å². The first-order valence-corrected chi connectivity index (χ1v) is 14.1. The van der Waals surface area contributed by atoms with Gasteiger partial charge in [0.05, 0.1) is 44.1 Å². The van der Waals surface area contributed by atoms with Gasteiger partial charge in [-0.25, -0.2) is 4.39 Å². The lowest BCUT2D eigenvalue weighted by molar-refractivity contribution is -0.324. The Morgan fingerprint density at radius 2 is 1.44 bits per heavy atom. The van der Waals surface area contributed by atoms with Crippen LogP contribution in [0.3, 0.4) is 0 Å². The molecule has 1 N–H and O–H groups in total.